The summed E-state index contributed by atoms with van der Waals surface area (Å²) in [6, 6.07) is 2.21. The lowest BCUT2D eigenvalue weighted by Gasteiger charge is -2.25. The predicted molar refractivity (Wildman–Crippen MR) is 97.8 cm³/mol. The smallest absolute Gasteiger partial charge is 0.435 e. The van der Waals surface area contributed by atoms with Crippen molar-refractivity contribution in [3.63, 3.8) is 0 Å². The van der Waals surface area contributed by atoms with E-state index in [-0.39, 0.29) is 17.0 Å². The summed E-state index contributed by atoms with van der Waals surface area (Å²) in [7, 11) is 0. The fourth-order valence-corrected chi connectivity index (χ4v) is 3.49. The molecule has 0 aliphatic rings. The normalized spacial score (nSPS) is 13.1. The predicted octanol–water partition coefficient (Wildman–Crippen LogP) is 6.03. The number of fused-ring (bicyclic) bond motifs is 1. The number of anilines is 1. The molecular weight excluding hydrogens is 479 g/mol. The van der Waals surface area contributed by atoms with Crippen molar-refractivity contribution in [3.05, 3.63) is 39.9 Å². The first kappa shape index (κ1) is 23.3. The highest BCUT2D eigenvalue weighted by Crippen LogP contribution is 2.51. The van der Waals surface area contributed by atoms with Crippen LogP contribution in [0.2, 0.25) is 5.02 Å². The van der Waals surface area contributed by atoms with Crippen molar-refractivity contribution in [1.82, 2.24) is 9.36 Å². The van der Waals surface area contributed by atoms with Gasteiger partial charge < -0.3 is 9.73 Å². The van der Waals surface area contributed by atoms with Crippen molar-refractivity contribution < 1.29 is 39.9 Å². The molecule has 0 saturated heterocycles. The average Bonchev–Trinajstić information content (AvgIpc) is 3.19. The Morgan fingerprint density at radius 1 is 1.16 bits per heavy atom. The molecule has 2 heterocycles. The van der Waals surface area contributed by atoms with Crippen LogP contribution in [0, 0.1) is 13.8 Å². The van der Waals surface area contributed by atoms with E-state index in [9.17, 15) is 35.5 Å². The van der Waals surface area contributed by atoms with Gasteiger partial charge in [0.15, 0.2) is 5.58 Å². The van der Waals surface area contributed by atoms with Gasteiger partial charge in [0.05, 0.1) is 17.1 Å². The number of alkyl halides is 7. The molecule has 0 spiro atoms. The summed E-state index contributed by atoms with van der Waals surface area (Å²) in [5.41, 5.74) is 0.255. The number of aryl methyl sites for hydroxylation is 2. The van der Waals surface area contributed by atoms with Crippen LogP contribution >= 0.6 is 23.1 Å². The highest BCUT2D eigenvalue weighted by molar-refractivity contribution is 7.11. The molecule has 1 N–H and O–H groups in total. The first-order chi connectivity index (χ1) is 14.1. The topological polar surface area (TPSA) is 68.0 Å². The van der Waals surface area contributed by atoms with Gasteiger partial charge in [-0.2, -0.15) is 35.1 Å². The van der Waals surface area contributed by atoms with Gasteiger partial charge in [0, 0.05) is 0 Å². The summed E-state index contributed by atoms with van der Waals surface area (Å²) in [5, 5.41) is 3.06. The molecule has 0 aliphatic heterocycles. The molecule has 0 bridgehead atoms. The number of rotatable bonds is 5. The molecular formula is C17H11ClF7N3O2S. The Morgan fingerprint density at radius 3 is 2.35 bits per heavy atom. The summed E-state index contributed by atoms with van der Waals surface area (Å²) in [6.45, 7) is 3.10. The molecule has 0 aliphatic carbocycles. The number of carbonyl (C=O) groups is 1. The zero-order valence-electron chi connectivity index (χ0n) is 15.5. The molecule has 3 rings (SSSR count). The van der Waals surface area contributed by atoms with Gasteiger partial charge in [0.2, 0.25) is 5.91 Å². The van der Waals surface area contributed by atoms with Crippen molar-refractivity contribution in [2.75, 3.05) is 5.32 Å². The molecule has 3 aromatic rings. The van der Waals surface area contributed by atoms with Crippen LogP contribution in [-0.4, -0.2) is 27.4 Å². The van der Waals surface area contributed by atoms with E-state index >= 15 is 0 Å². The molecule has 1 aromatic carbocycles. The minimum absolute atomic E-state index is 0.250. The number of nitrogens with one attached hydrogen (secondary N) is 1. The Labute approximate surface area is 178 Å². The number of oxazole rings is 1. The Balaban J connectivity index is 1.90. The van der Waals surface area contributed by atoms with Crippen LogP contribution in [0.4, 0.5) is 35.7 Å². The van der Waals surface area contributed by atoms with Gasteiger partial charge in [0.1, 0.15) is 10.5 Å². The third-order valence-corrected chi connectivity index (χ3v) is 5.69. The van der Waals surface area contributed by atoms with Crippen LogP contribution < -0.4 is 5.32 Å². The molecule has 1 amide bonds. The first-order valence-corrected chi connectivity index (χ1v) is 9.44. The number of hydrogen-bond donors (Lipinski definition) is 1. The Morgan fingerprint density at radius 2 is 1.81 bits per heavy atom. The van der Waals surface area contributed by atoms with Gasteiger partial charge >= 0.3 is 18.0 Å². The minimum atomic E-state index is -6.52. The molecule has 0 radical (unpaired) electrons. The molecule has 0 saturated carbocycles. The van der Waals surface area contributed by atoms with E-state index in [0.717, 1.165) is 23.7 Å². The van der Waals surface area contributed by atoms with E-state index in [0.29, 0.717) is 16.3 Å². The zero-order valence-corrected chi connectivity index (χ0v) is 17.1. The number of nitrogens with zero attached hydrogens (tertiary/aromatic N) is 2. The Bertz CT molecular complexity index is 1160. The SMILES string of the molecule is Cc1cc2oc(C(F)(F)C(F)(F)C(F)(F)F)nc2cc1CC(=O)Nc1snc(C)c1Cl. The lowest BCUT2D eigenvalue weighted by atomic mass is 10.0. The van der Waals surface area contributed by atoms with Crippen molar-refractivity contribution in [2.45, 2.75) is 38.3 Å². The van der Waals surface area contributed by atoms with E-state index < -0.39 is 40.9 Å². The first-order valence-electron chi connectivity index (χ1n) is 8.29. The maximum absolute atomic E-state index is 13.9. The van der Waals surface area contributed by atoms with Gasteiger partial charge in [-0.1, -0.05) is 11.6 Å². The summed E-state index contributed by atoms with van der Waals surface area (Å²) in [5.74, 6) is -14.8. The maximum Gasteiger partial charge on any atom is 0.460 e. The lowest BCUT2D eigenvalue weighted by molar-refractivity contribution is -0.363. The monoisotopic (exact) mass is 489 g/mol. The number of halogens is 8. The van der Waals surface area contributed by atoms with Crippen molar-refractivity contribution >= 4 is 45.1 Å². The second-order valence-electron chi connectivity index (χ2n) is 6.55. The molecule has 0 atom stereocenters. The highest BCUT2D eigenvalue weighted by atomic mass is 35.5. The molecule has 14 heteroatoms. The molecule has 5 nitrogen and oxygen atoms in total. The summed E-state index contributed by atoms with van der Waals surface area (Å²) in [6.07, 6.45) is -6.81. The third-order valence-electron chi connectivity index (χ3n) is 4.26. The fourth-order valence-electron chi connectivity index (χ4n) is 2.54. The number of hydrogen-bond acceptors (Lipinski definition) is 5. The van der Waals surface area contributed by atoms with Crippen molar-refractivity contribution in [1.29, 1.82) is 0 Å². The molecule has 168 valence electrons. The van der Waals surface area contributed by atoms with E-state index in [1.54, 1.807) is 6.92 Å². The number of benzene rings is 1. The standard InChI is InChI=1S/C17H11ClF7N3O2S/c1-6-3-10-9(26-14(30-10)15(19,20)16(21,22)17(23,24)25)4-8(6)5-11(29)27-13-12(18)7(2)28-31-13/h3-4H,5H2,1-2H3,(H,27,29). The molecule has 2 aromatic heterocycles. The van der Waals surface area contributed by atoms with E-state index in [1.807, 2.05) is 0 Å². The van der Waals surface area contributed by atoms with Crippen LogP contribution in [0.25, 0.3) is 11.1 Å². The zero-order chi connectivity index (χ0) is 23.4. The van der Waals surface area contributed by atoms with Crippen LogP contribution in [0.1, 0.15) is 22.7 Å². The van der Waals surface area contributed by atoms with Crippen LogP contribution in [-0.2, 0) is 17.1 Å². The molecule has 0 unspecified atom stereocenters. The summed E-state index contributed by atoms with van der Waals surface area (Å²) in [4.78, 5) is 15.4. The van der Waals surface area contributed by atoms with Gasteiger partial charge in [0.25, 0.3) is 5.89 Å². The van der Waals surface area contributed by atoms with Crippen molar-refractivity contribution in [3.8, 4) is 0 Å². The van der Waals surface area contributed by atoms with E-state index in [4.69, 9.17) is 11.6 Å². The Hall–Kier alpha value is -2.41. The van der Waals surface area contributed by atoms with E-state index in [2.05, 4.69) is 19.1 Å². The average molecular weight is 490 g/mol. The number of amides is 1. The number of carbonyl (C=O) groups excluding carboxylic acids is 1. The highest BCUT2D eigenvalue weighted by Gasteiger charge is 2.75. The molecule has 31 heavy (non-hydrogen) atoms. The van der Waals surface area contributed by atoms with Crippen molar-refractivity contribution in [2.24, 2.45) is 0 Å². The Kier molecular flexibility index (Phi) is 5.72. The van der Waals surface area contributed by atoms with Gasteiger partial charge in [-0.05, 0) is 48.6 Å². The lowest BCUT2D eigenvalue weighted by Crippen LogP contribution is -2.50. The van der Waals surface area contributed by atoms with Crippen LogP contribution in [0.3, 0.4) is 0 Å². The van der Waals surface area contributed by atoms with Gasteiger partial charge in [-0.25, -0.2) is 4.98 Å². The molecule has 0 fully saturated rings. The minimum Gasteiger partial charge on any atom is -0.435 e. The summed E-state index contributed by atoms with van der Waals surface area (Å²) < 4.78 is 99.9. The third kappa shape index (κ3) is 4.07. The number of aromatic nitrogens is 2. The maximum atomic E-state index is 13.9. The van der Waals surface area contributed by atoms with Gasteiger partial charge in [-0.3, -0.25) is 4.79 Å². The summed E-state index contributed by atoms with van der Waals surface area (Å²) >= 11 is 6.92. The fraction of sp³-hybridized carbons (Fsp3) is 0.353. The van der Waals surface area contributed by atoms with Gasteiger partial charge in [-0.15, -0.1) is 0 Å². The largest absolute Gasteiger partial charge is 0.460 e. The quantitative estimate of drug-likeness (QED) is 0.445. The second kappa shape index (κ2) is 7.62. The van der Waals surface area contributed by atoms with Crippen LogP contribution in [0.5, 0.6) is 0 Å². The second-order valence-corrected chi connectivity index (χ2v) is 7.70. The van der Waals surface area contributed by atoms with Crippen LogP contribution in [0.15, 0.2) is 16.5 Å². The van der Waals surface area contributed by atoms with E-state index in [1.165, 1.54) is 6.92 Å².